The molecule has 2 rings (SSSR count). The van der Waals surface area contributed by atoms with Crippen molar-refractivity contribution in [2.45, 2.75) is 31.0 Å². The average Bonchev–Trinajstić information content (AvgIpc) is 2.46. The van der Waals surface area contributed by atoms with Gasteiger partial charge in [0, 0.05) is 11.4 Å². The Hall–Kier alpha value is -1.35. The predicted molar refractivity (Wildman–Crippen MR) is 88.3 cm³/mol. The van der Waals surface area contributed by atoms with Crippen LogP contribution in [0.25, 0.3) is 10.8 Å². The Balaban J connectivity index is 1.99. The molecule has 0 spiro atoms. The Morgan fingerprint density at radius 1 is 1.20 bits per heavy atom. The molecule has 0 radical (unpaired) electrons. The topological polar surface area (TPSA) is 29.1 Å². The fourth-order valence-electron chi connectivity index (χ4n) is 2.32. The maximum absolute atomic E-state index is 12.0. The van der Waals surface area contributed by atoms with Gasteiger partial charge in [-0.05, 0) is 22.8 Å². The first kappa shape index (κ1) is 15.0. The monoisotopic (exact) mass is 333 g/mol. The highest BCUT2D eigenvalue weighted by Gasteiger charge is 2.08. The minimum atomic E-state index is 0.0851. The highest BCUT2D eigenvalue weighted by Crippen LogP contribution is 2.18. The number of carbonyl (C=O) groups is 1. The number of benzene rings is 2. The van der Waals surface area contributed by atoms with E-state index in [4.69, 9.17) is 0 Å². The Morgan fingerprint density at radius 3 is 2.75 bits per heavy atom. The molecule has 2 aromatic rings. The predicted octanol–water partition coefficient (Wildman–Crippen LogP) is 4.06. The van der Waals surface area contributed by atoms with Crippen molar-refractivity contribution in [2.24, 2.45) is 0 Å². The fourth-order valence-corrected chi connectivity index (χ4v) is 2.94. The second-order valence-corrected chi connectivity index (χ2v) is 6.30. The van der Waals surface area contributed by atoms with Crippen molar-refractivity contribution in [1.82, 2.24) is 5.32 Å². The van der Waals surface area contributed by atoms with Crippen molar-refractivity contribution >= 4 is 32.6 Å². The van der Waals surface area contributed by atoms with Crippen molar-refractivity contribution in [3.05, 3.63) is 48.0 Å². The van der Waals surface area contributed by atoms with Gasteiger partial charge in [0.1, 0.15) is 0 Å². The van der Waals surface area contributed by atoms with Gasteiger partial charge in [-0.2, -0.15) is 0 Å². The molecule has 0 aromatic heterocycles. The lowest BCUT2D eigenvalue weighted by molar-refractivity contribution is -0.120. The van der Waals surface area contributed by atoms with Crippen molar-refractivity contribution in [3.8, 4) is 0 Å². The standard InChI is InChI=1S/C17H20BrNO/c1-2-6-15(18)12-19-17(20)11-14-9-5-8-13-7-3-4-10-16(13)14/h3-5,7-10,15H,2,6,11-12H2,1H3,(H,19,20). The molecule has 2 aromatic carbocycles. The van der Waals surface area contributed by atoms with E-state index in [9.17, 15) is 4.79 Å². The minimum absolute atomic E-state index is 0.0851. The van der Waals surface area contributed by atoms with Crippen LogP contribution >= 0.6 is 15.9 Å². The lowest BCUT2D eigenvalue weighted by Crippen LogP contribution is -2.30. The molecule has 0 aliphatic rings. The van der Waals surface area contributed by atoms with Crippen LogP contribution in [0.1, 0.15) is 25.3 Å². The summed E-state index contributed by atoms with van der Waals surface area (Å²) in [6.07, 6.45) is 2.64. The second-order valence-electron chi connectivity index (χ2n) is 5.01. The van der Waals surface area contributed by atoms with Gasteiger partial charge in [-0.3, -0.25) is 4.79 Å². The molecule has 1 atom stereocenters. The SMILES string of the molecule is CCCC(Br)CNC(=O)Cc1cccc2ccccc12. The van der Waals surface area contributed by atoms with Gasteiger partial charge in [0.2, 0.25) is 5.91 Å². The van der Waals surface area contributed by atoms with E-state index < -0.39 is 0 Å². The summed E-state index contributed by atoms with van der Waals surface area (Å²) in [5.74, 6) is 0.0851. The maximum atomic E-state index is 12.0. The quantitative estimate of drug-likeness (QED) is 0.793. The van der Waals surface area contributed by atoms with Gasteiger partial charge in [-0.25, -0.2) is 0 Å². The van der Waals surface area contributed by atoms with E-state index in [1.165, 1.54) is 5.39 Å². The number of hydrogen-bond acceptors (Lipinski definition) is 1. The molecule has 20 heavy (non-hydrogen) atoms. The summed E-state index contributed by atoms with van der Waals surface area (Å²) in [5.41, 5.74) is 1.09. The first-order valence-corrected chi connectivity index (χ1v) is 7.99. The molecule has 0 aliphatic heterocycles. The van der Waals surface area contributed by atoms with Crippen LogP contribution in [0.3, 0.4) is 0 Å². The second kappa shape index (κ2) is 7.44. The van der Waals surface area contributed by atoms with E-state index in [-0.39, 0.29) is 5.91 Å². The molecule has 106 valence electrons. The summed E-state index contributed by atoms with van der Waals surface area (Å²) in [5, 5.41) is 5.34. The van der Waals surface area contributed by atoms with E-state index in [0.717, 1.165) is 23.8 Å². The lowest BCUT2D eigenvalue weighted by atomic mass is 10.0. The van der Waals surface area contributed by atoms with Gasteiger partial charge in [0.25, 0.3) is 0 Å². The number of halogens is 1. The van der Waals surface area contributed by atoms with Gasteiger partial charge in [-0.1, -0.05) is 71.7 Å². The third-order valence-electron chi connectivity index (χ3n) is 3.35. The molecule has 3 heteroatoms. The van der Waals surface area contributed by atoms with E-state index >= 15 is 0 Å². The zero-order chi connectivity index (χ0) is 14.4. The van der Waals surface area contributed by atoms with Crippen molar-refractivity contribution in [2.75, 3.05) is 6.54 Å². The van der Waals surface area contributed by atoms with Crippen LogP contribution in [0, 0.1) is 0 Å². The molecule has 2 nitrogen and oxygen atoms in total. The van der Waals surface area contributed by atoms with Crippen LogP contribution in [-0.4, -0.2) is 17.3 Å². The van der Waals surface area contributed by atoms with Gasteiger partial charge < -0.3 is 5.32 Å². The number of nitrogens with one attached hydrogen (secondary N) is 1. The first-order chi connectivity index (χ1) is 9.70. The molecule has 0 bridgehead atoms. The van der Waals surface area contributed by atoms with Gasteiger partial charge in [0.05, 0.1) is 6.42 Å². The summed E-state index contributed by atoms with van der Waals surface area (Å²) >= 11 is 3.58. The first-order valence-electron chi connectivity index (χ1n) is 7.08. The van der Waals surface area contributed by atoms with E-state index in [1.807, 2.05) is 24.3 Å². The molecule has 1 N–H and O–H groups in total. The highest BCUT2D eigenvalue weighted by atomic mass is 79.9. The summed E-state index contributed by atoms with van der Waals surface area (Å²) in [4.78, 5) is 12.4. The number of rotatable bonds is 6. The summed E-state index contributed by atoms with van der Waals surface area (Å²) in [7, 11) is 0. The Labute approximate surface area is 128 Å². The number of fused-ring (bicyclic) bond motifs is 1. The van der Waals surface area contributed by atoms with Crippen LogP contribution < -0.4 is 5.32 Å². The van der Waals surface area contributed by atoms with Crippen LogP contribution in [0.2, 0.25) is 0 Å². The number of carbonyl (C=O) groups excluding carboxylic acids is 1. The lowest BCUT2D eigenvalue weighted by Gasteiger charge is -2.11. The van der Waals surface area contributed by atoms with Gasteiger partial charge >= 0.3 is 0 Å². The third-order valence-corrected chi connectivity index (χ3v) is 4.14. The average molecular weight is 334 g/mol. The zero-order valence-corrected chi connectivity index (χ0v) is 13.3. The van der Waals surface area contributed by atoms with Crippen LogP contribution in [0.4, 0.5) is 0 Å². The van der Waals surface area contributed by atoms with Crippen molar-refractivity contribution in [1.29, 1.82) is 0 Å². The normalized spacial score (nSPS) is 12.3. The third kappa shape index (κ3) is 4.07. The summed E-state index contributed by atoms with van der Waals surface area (Å²) in [6, 6.07) is 14.3. The number of alkyl halides is 1. The largest absolute Gasteiger partial charge is 0.355 e. The molecule has 1 unspecified atom stereocenters. The Kier molecular flexibility index (Phi) is 5.60. The fraction of sp³-hybridized carbons (Fsp3) is 0.353. The van der Waals surface area contributed by atoms with Gasteiger partial charge in [0.15, 0.2) is 0 Å². The molecule has 0 fully saturated rings. The molecule has 0 aliphatic carbocycles. The molecule has 0 heterocycles. The minimum Gasteiger partial charge on any atom is -0.355 e. The Morgan fingerprint density at radius 2 is 1.95 bits per heavy atom. The Bertz CT molecular complexity index is 577. The molecule has 0 saturated carbocycles. The van der Waals surface area contributed by atoms with E-state index in [0.29, 0.717) is 17.8 Å². The van der Waals surface area contributed by atoms with E-state index in [2.05, 4.69) is 46.4 Å². The molecule has 0 saturated heterocycles. The van der Waals surface area contributed by atoms with Crippen LogP contribution in [0.5, 0.6) is 0 Å². The van der Waals surface area contributed by atoms with Crippen molar-refractivity contribution < 1.29 is 4.79 Å². The smallest absolute Gasteiger partial charge is 0.224 e. The molecular weight excluding hydrogens is 314 g/mol. The number of hydrogen-bond donors (Lipinski definition) is 1. The maximum Gasteiger partial charge on any atom is 0.224 e. The molecule has 1 amide bonds. The van der Waals surface area contributed by atoms with Crippen LogP contribution in [-0.2, 0) is 11.2 Å². The van der Waals surface area contributed by atoms with E-state index in [1.54, 1.807) is 0 Å². The van der Waals surface area contributed by atoms with Crippen LogP contribution in [0.15, 0.2) is 42.5 Å². The molecular formula is C17H20BrNO. The summed E-state index contributed by atoms with van der Waals surface area (Å²) in [6.45, 7) is 2.84. The summed E-state index contributed by atoms with van der Waals surface area (Å²) < 4.78 is 0. The van der Waals surface area contributed by atoms with Gasteiger partial charge in [-0.15, -0.1) is 0 Å². The highest BCUT2D eigenvalue weighted by molar-refractivity contribution is 9.09. The zero-order valence-electron chi connectivity index (χ0n) is 11.7. The van der Waals surface area contributed by atoms with Crippen molar-refractivity contribution in [3.63, 3.8) is 0 Å². The number of amides is 1.